The highest BCUT2D eigenvalue weighted by molar-refractivity contribution is 6.10. The van der Waals surface area contributed by atoms with Crippen molar-refractivity contribution in [1.29, 1.82) is 0 Å². The van der Waals surface area contributed by atoms with Crippen molar-refractivity contribution in [3.63, 3.8) is 0 Å². The number of rotatable bonds is 8. The number of hydrogen-bond donors (Lipinski definition) is 1. The molecule has 2 aromatic carbocycles. The molecule has 0 unspecified atom stereocenters. The lowest BCUT2D eigenvalue weighted by Gasteiger charge is -2.03. The Balaban J connectivity index is 0.00000103. The van der Waals surface area contributed by atoms with E-state index in [1.807, 2.05) is 18.2 Å². The molecule has 0 spiro atoms. The first-order chi connectivity index (χ1) is 14.2. The number of carbonyl (C=O) groups is 2. The average Bonchev–Trinajstić information content (AvgIpc) is 2.71. The Morgan fingerprint density at radius 3 is 2.00 bits per heavy atom. The Labute approximate surface area is 178 Å². The fourth-order valence-electron chi connectivity index (χ4n) is 2.21. The van der Waals surface area contributed by atoms with E-state index in [-0.39, 0.29) is 23.7 Å². The van der Waals surface area contributed by atoms with E-state index in [0.29, 0.717) is 17.1 Å². The van der Waals surface area contributed by atoms with Gasteiger partial charge < -0.3 is 14.6 Å². The van der Waals surface area contributed by atoms with Gasteiger partial charge in [-0.1, -0.05) is 51.1 Å². The van der Waals surface area contributed by atoms with Crippen LogP contribution in [0.25, 0.3) is 12.2 Å². The van der Waals surface area contributed by atoms with Crippen LogP contribution in [0.3, 0.4) is 0 Å². The van der Waals surface area contributed by atoms with E-state index >= 15 is 0 Å². The number of allylic oxidation sites excluding steroid dienone is 2. The molecule has 0 aliphatic rings. The van der Waals surface area contributed by atoms with Crippen LogP contribution in [0.2, 0.25) is 0 Å². The molecule has 0 heterocycles. The Hall–Kier alpha value is -3.34. The second kappa shape index (κ2) is 13.0. The fourth-order valence-corrected chi connectivity index (χ4v) is 2.21. The van der Waals surface area contributed by atoms with Gasteiger partial charge in [-0.3, -0.25) is 9.59 Å². The molecule has 0 aliphatic heterocycles. The zero-order valence-corrected chi connectivity index (χ0v) is 18.2. The van der Waals surface area contributed by atoms with Gasteiger partial charge in [-0.15, -0.1) is 0 Å². The number of ether oxygens (including phenoxy) is 2. The van der Waals surface area contributed by atoms with Crippen molar-refractivity contribution >= 4 is 23.7 Å². The predicted molar refractivity (Wildman–Crippen MR) is 121 cm³/mol. The molecule has 5 heteroatoms. The van der Waals surface area contributed by atoms with Gasteiger partial charge in [0.05, 0.1) is 20.6 Å². The molecule has 0 aliphatic carbocycles. The van der Waals surface area contributed by atoms with Crippen LogP contribution >= 0.6 is 0 Å². The van der Waals surface area contributed by atoms with E-state index in [0.717, 1.165) is 11.5 Å². The van der Waals surface area contributed by atoms with Gasteiger partial charge in [0.25, 0.3) is 0 Å². The molecule has 0 saturated heterocycles. The van der Waals surface area contributed by atoms with Crippen LogP contribution in [0, 0.1) is 5.92 Å². The van der Waals surface area contributed by atoms with E-state index in [1.165, 1.54) is 25.3 Å². The third-order valence-electron chi connectivity index (χ3n) is 3.57. The van der Waals surface area contributed by atoms with Crippen molar-refractivity contribution in [3.8, 4) is 17.2 Å². The number of methoxy groups -OCH3 is 2. The largest absolute Gasteiger partial charge is 0.504 e. The first-order valence-corrected chi connectivity index (χ1v) is 9.68. The Bertz CT molecular complexity index is 891. The van der Waals surface area contributed by atoms with E-state index < -0.39 is 0 Å². The number of ketones is 2. The lowest BCUT2D eigenvalue weighted by Crippen LogP contribution is -2.01. The molecule has 5 nitrogen and oxygen atoms in total. The first kappa shape index (κ1) is 24.7. The minimum absolute atomic E-state index is 0.0221. The number of benzene rings is 2. The summed E-state index contributed by atoms with van der Waals surface area (Å²) in [5.74, 6) is 1.27. The predicted octanol–water partition coefficient (Wildman–Crippen LogP) is 5.33. The lowest BCUT2D eigenvalue weighted by molar-refractivity contribution is -0.121. The van der Waals surface area contributed by atoms with Crippen LogP contribution < -0.4 is 9.47 Å². The van der Waals surface area contributed by atoms with E-state index in [1.54, 1.807) is 37.5 Å². The molecule has 0 amide bonds. The van der Waals surface area contributed by atoms with Gasteiger partial charge in [0.1, 0.15) is 5.75 Å². The van der Waals surface area contributed by atoms with Gasteiger partial charge in [-0.05, 0) is 53.5 Å². The number of phenols is 1. The normalized spacial score (nSPS) is 10.7. The zero-order chi connectivity index (χ0) is 22.5. The summed E-state index contributed by atoms with van der Waals surface area (Å²) in [5, 5.41) is 9.54. The van der Waals surface area contributed by atoms with Crippen molar-refractivity contribution in [2.24, 2.45) is 5.92 Å². The summed E-state index contributed by atoms with van der Waals surface area (Å²) in [6.07, 6.45) is 5.72. The van der Waals surface area contributed by atoms with Gasteiger partial charge in [-0.25, -0.2) is 0 Å². The Morgan fingerprint density at radius 1 is 0.900 bits per heavy atom. The maximum atomic E-state index is 11.9. The van der Waals surface area contributed by atoms with E-state index in [9.17, 15) is 14.7 Å². The molecule has 1 N–H and O–H groups in total. The van der Waals surface area contributed by atoms with Crippen LogP contribution in [-0.2, 0) is 9.59 Å². The molecule has 0 atom stereocenters. The number of phenolic OH excluding ortho intramolecular Hbond substituents is 1. The lowest BCUT2D eigenvalue weighted by atomic mass is 10.1. The van der Waals surface area contributed by atoms with Crippen LogP contribution in [0.15, 0.2) is 54.6 Å². The second-order valence-corrected chi connectivity index (χ2v) is 7.22. The van der Waals surface area contributed by atoms with E-state index in [2.05, 4.69) is 20.8 Å². The molecular formula is C25H30O5. The molecule has 0 radical (unpaired) electrons. The maximum Gasteiger partial charge on any atom is 0.163 e. The first-order valence-electron chi connectivity index (χ1n) is 9.68. The van der Waals surface area contributed by atoms with E-state index in [4.69, 9.17) is 9.47 Å². The topological polar surface area (TPSA) is 72.8 Å². The maximum absolute atomic E-state index is 11.9. The average molecular weight is 411 g/mol. The molecule has 0 fully saturated rings. The van der Waals surface area contributed by atoms with Crippen LogP contribution in [-0.4, -0.2) is 30.9 Å². The summed E-state index contributed by atoms with van der Waals surface area (Å²) in [5.41, 5.74) is 1.50. The van der Waals surface area contributed by atoms with Gasteiger partial charge >= 0.3 is 0 Å². The molecule has 30 heavy (non-hydrogen) atoms. The molecule has 2 rings (SSSR count). The summed E-state index contributed by atoms with van der Waals surface area (Å²) in [4.78, 5) is 23.8. The van der Waals surface area contributed by atoms with Crippen molar-refractivity contribution in [2.45, 2.75) is 27.2 Å². The zero-order valence-electron chi connectivity index (χ0n) is 18.2. The number of hydrogen-bond acceptors (Lipinski definition) is 5. The SMILES string of the molecule is CC(C)C.COc1cccc(/C=C/C(=O)CC(=O)/C=C/c2ccc(O)c(OC)c2)c1. The molecule has 160 valence electrons. The summed E-state index contributed by atoms with van der Waals surface area (Å²) < 4.78 is 10.1. The summed E-state index contributed by atoms with van der Waals surface area (Å²) in [6, 6.07) is 12.0. The number of carbonyl (C=O) groups excluding carboxylic acids is 2. The smallest absolute Gasteiger partial charge is 0.163 e. The van der Waals surface area contributed by atoms with Crippen molar-refractivity contribution < 1.29 is 24.2 Å². The third-order valence-corrected chi connectivity index (χ3v) is 3.57. The van der Waals surface area contributed by atoms with Crippen molar-refractivity contribution in [3.05, 3.63) is 65.7 Å². The minimum atomic E-state index is -0.308. The molecule has 0 saturated carbocycles. The fraction of sp³-hybridized carbons (Fsp3) is 0.280. The standard InChI is InChI=1S/C21H20O5.C4H10/c1-25-19-5-3-4-15(12-19)6-9-17(22)14-18(23)10-7-16-8-11-20(24)21(13-16)26-2;1-4(2)3/h3-13,24H,14H2,1-2H3;4H,1-3H3/b9-6+,10-7+;. The molecular weight excluding hydrogens is 380 g/mol. The van der Waals surface area contributed by atoms with Crippen molar-refractivity contribution in [1.82, 2.24) is 0 Å². The van der Waals surface area contributed by atoms with Gasteiger partial charge in [0.15, 0.2) is 23.1 Å². The van der Waals surface area contributed by atoms with Crippen LogP contribution in [0.4, 0.5) is 0 Å². The minimum Gasteiger partial charge on any atom is -0.504 e. The highest BCUT2D eigenvalue weighted by atomic mass is 16.5. The monoisotopic (exact) mass is 410 g/mol. The van der Waals surface area contributed by atoms with Gasteiger partial charge in [0, 0.05) is 0 Å². The third kappa shape index (κ3) is 9.73. The highest BCUT2D eigenvalue weighted by Crippen LogP contribution is 2.26. The second-order valence-electron chi connectivity index (χ2n) is 7.22. The van der Waals surface area contributed by atoms with Gasteiger partial charge in [-0.2, -0.15) is 0 Å². The highest BCUT2D eigenvalue weighted by Gasteiger charge is 2.05. The van der Waals surface area contributed by atoms with Gasteiger partial charge in [0.2, 0.25) is 0 Å². The Kier molecular flexibility index (Phi) is 10.7. The summed E-state index contributed by atoms with van der Waals surface area (Å²) in [7, 11) is 3.02. The van der Waals surface area contributed by atoms with Crippen LogP contribution in [0.5, 0.6) is 17.2 Å². The molecule has 0 aromatic heterocycles. The quantitative estimate of drug-likeness (QED) is 0.471. The van der Waals surface area contributed by atoms with Crippen molar-refractivity contribution in [2.75, 3.05) is 14.2 Å². The Morgan fingerprint density at radius 2 is 1.47 bits per heavy atom. The summed E-state index contributed by atoms with van der Waals surface area (Å²) >= 11 is 0. The molecule has 2 aromatic rings. The van der Waals surface area contributed by atoms with Crippen LogP contribution in [0.1, 0.15) is 38.3 Å². The number of aromatic hydroxyl groups is 1. The summed E-state index contributed by atoms with van der Waals surface area (Å²) in [6.45, 7) is 6.50. The molecule has 0 bridgehead atoms.